The molecule has 1 aliphatic rings. The first-order valence-corrected chi connectivity index (χ1v) is 8.45. The molecule has 1 heterocycles. The number of amides is 1. The van der Waals surface area contributed by atoms with Crippen LogP contribution in [0, 0.1) is 11.7 Å². The van der Waals surface area contributed by atoms with E-state index in [0.717, 1.165) is 12.1 Å². The molecule has 1 aliphatic heterocycles. The van der Waals surface area contributed by atoms with Gasteiger partial charge >= 0.3 is 0 Å². The van der Waals surface area contributed by atoms with Gasteiger partial charge in [-0.3, -0.25) is 4.79 Å². The molecule has 2 aromatic carbocycles. The van der Waals surface area contributed by atoms with Gasteiger partial charge < -0.3 is 10.6 Å². The van der Waals surface area contributed by atoms with Crippen molar-refractivity contribution in [1.29, 1.82) is 0 Å². The van der Waals surface area contributed by atoms with Crippen LogP contribution in [0.1, 0.15) is 30.0 Å². The second-order valence-electron chi connectivity index (χ2n) is 6.17. The summed E-state index contributed by atoms with van der Waals surface area (Å²) in [5.41, 5.74) is 1.59. The van der Waals surface area contributed by atoms with Gasteiger partial charge in [-0.25, -0.2) is 4.39 Å². The van der Waals surface area contributed by atoms with Crippen molar-refractivity contribution >= 4 is 17.5 Å². The Labute approximate surface area is 146 Å². The average molecular weight is 347 g/mol. The SMILES string of the molecule is C[C@H](NC(=O)[C@@H]1CNC[C@H]1c1ccc(Cl)cc1)c1ccccc1F. The first kappa shape index (κ1) is 16.9. The number of carbonyl (C=O) groups excluding carboxylic acids is 1. The molecule has 3 atom stereocenters. The van der Waals surface area contributed by atoms with Gasteiger partial charge in [0.25, 0.3) is 0 Å². The fraction of sp³-hybridized carbons (Fsp3) is 0.316. The molecule has 1 saturated heterocycles. The van der Waals surface area contributed by atoms with Crippen molar-refractivity contribution in [3.8, 4) is 0 Å². The summed E-state index contributed by atoms with van der Waals surface area (Å²) in [6.45, 7) is 3.16. The molecule has 3 rings (SSSR count). The summed E-state index contributed by atoms with van der Waals surface area (Å²) >= 11 is 5.94. The maximum absolute atomic E-state index is 13.9. The molecule has 0 spiro atoms. The van der Waals surface area contributed by atoms with Crippen molar-refractivity contribution in [2.45, 2.75) is 18.9 Å². The second kappa shape index (κ2) is 7.32. The summed E-state index contributed by atoms with van der Waals surface area (Å²) in [5, 5.41) is 6.90. The van der Waals surface area contributed by atoms with E-state index in [0.29, 0.717) is 17.1 Å². The van der Waals surface area contributed by atoms with Gasteiger partial charge in [-0.05, 0) is 30.7 Å². The Hall–Kier alpha value is -1.91. The maximum atomic E-state index is 13.9. The van der Waals surface area contributed by atoms with Gasteiger partial charge in [0.1, 0.15) is 5.82 Å². The van der Waals surface area contributed by atoms with Crippen molar-refractivity contribution in [2.24, 2.45) is 5.92 Å². The summed E-state index contributed by atoms with van der Waals surface area (Å²) in [5.74, 6) is -0.449. The zero-order valence-electron chi connectivity index (χ0n) is 13.4. The van der Waals surface area contributed by atoms with Crippen molar-refractivity contribution in [2.75, 3.05) is 13.1 Å². The van der Waals surface area contributed by atoms with Gasteiger partial charge in [0.15, 0.2) is 0 Å². The lowest BCUT2D eigenvalue weighted by Gasteiger charge is -2.22. The molecule has 2 aromatic rings. The number of nitrogens with one attached hydrogen (secondary N) is 2. The topological polar surface area (TPSA) is 41.1 Å². The Morgan fingerprint density at radius 3 is 2.62 bits per heavy atom. The minimum absolute atomic E-state index is 0.0595. The maximum Gasteiger partial charge on any atom is 0.225 e. The Bertz CT molecular complexity index is 720. The summed E-state index contributed by atoms with van der Waals surface area (Å²) in [6.07, 6.45) is 0. The van der Waals surface area contributed by atoms with Crippen molar-refractivity contribution in [1.82, 2.24) is 10.6 Å². The number of hydrogen-bond donors (Lipinski definition) is 2. The van der Waals surface area contributed by atoms with Crippen LogP contribution in [0.25, 0.3) is 0 Å². The van der Waals surface area contributed by atoms with Crippen molar-refractivity contribution < 1.29 is 9.18 Å². The molecule has 0 radical (unpaired) electrons. The largest absolute Gasteiger partial charge is 0.349 e. The van der Waals surface area contributed by atoms with Gasteiger partial charge in [-0.2, -0.15) is 0 Å². The Morgan fingerprint density at radius 1 is 1.21 bits per heavy atom. The molecule has 126 valence electrons. The van der Waals surface area contributed by atoms with Crippen LogP contribution < -0.4 is 10.6 Å². The van der Waals surface area contributed by atoms with Crippen LogP contribution in [-0.4, -0.2) is 19.0 Å². The highest BCUT2D eigenvalue weighted by atomic mass is 35.5. The summed E-state index contributed by atoms with van der Waals surface area (Å²) in [7, 11) is 0. The number of carbonyl (C=O) groups is 1. The molecule has 1 fully saturated rings. The van der Waals surface area contributed by atoms with Crippen LogP contribution in [0.5, 0.6) is 0 Å². The number of benzene rings is 2. The van der Waals surface area contributed by atoms with E-state index in [4.69, 9.17) is 11.6 Å². The quantitative estimate of drug-likeness (QED) is 0.887. The molecule has 24 heavy (non-hydrogen) atoms. The molecule has 0 saturated carbocycles. The Kier molecular flexibility index (Phi) is 5.17. The van der Waals surface area contributed by atoms with Gasteiger partial charge in [0, 0.05) is 29.6 Å². The first-order valence-electron chi connectivity index (χ1n) is 8.07. The molecule has 0 unspecified atom stereocenters. The first-order chi connectivity index (χ1) is 11.6. The highest BCUT2D eigenvalue weighted by molar-refractivity contribution is 6.30. The second-order valence-corrected chi connectivity index (χ2v) is 6.61. The number of hydrogen-bond acceptors (Lipinski definition) is 2. The van der Waals surface area contributed by atoms with Crippen molar-refractivity contribution in [3.63, 3.8) is 0 Å². The lowest BCUT2D eigenvalue weighted by molar-refractivity contribution is -0.125. The smallest absolute Gasteiger partial charge is 0.225 e. The van der Waals surface area contributed by atoms with E-state index in [1.54, 1.807) is 25.1 Å². The van der Waals surface area contributed by atoms with E-state index in [1.165, 1.54) is 6.07 Å². The fourth-order valence-electron chi connectivity index (χ4n) is 3.24. The predicted octanol–water partition coefficient (Wildman–Crippen LogP) is 3.66. The standard InChI is InChI=1S/C19H20ClFN2O/c1-12(15-4-2-3-5-18(15)21)23-19(24)17-11-22-10-16(17)13-6-8-14(20)9-7-13/h2-9,12,16-17,22H,10-11H2,1H3,(H,23,24)/t12-,16-,17+/m0/s1. The zero-order chi connectivity index (χ0) is 17.1. The monoisotopic (exact) mass is 346 g/mol. The highest BCUT2D eigenvalue weighted by Gasteiger charge is 2.34. The predicted molar refractivity (Wildman–Crippen MR) is 93.5 cm³/mol. The molecule has 0 aliphatic carbocycles. The van der Waals surface area contributed by atoms with Crippen LogP contribution in [0.2, 0.25) is 5.02 Å². The minimum atomic E-state index is -0.370. The Balaban J connectivity index is 1.72. The van der Waals surface area contributed by atoms with Crippen LogP contribution in [-0.2, 0) is 4.79 Å². The van der Waals surface area contributed by atoms with E-state index in [2.05, 4.69) is 10.6 Å². The van der Waals surface area contributed by atoms with Crippen LogP contribution >= 0.6 is 11.6 Å². The van der Waals surface area contributed by atoms with Gasteiger partial charge in [-0.15, -0.1) is 0 Å². The zero-order valence-corrected chi connectivity index (χ0v) is 14.2. The van der Waals surface area contributed by atoms with Crippen LogP contribution in [0.4, 0.5) is 4.39 Å². The van der Waals surface area contributed by atoms with E-state index in [9.17, 15) is 9.18 Å². The molecule has 0 aromatic heterocycles. The molecule has 2 N–H and O–H groups in total. The summed E-state index contributed by atoms with van der Waals surface area (Å²) in [6, 6.07) is 13.7. The number of rotatable bonds is 4. The fourth-order valence-corrected chi connectivity index (χ4v) is 3.36. The van der Waals surface area contributed by atoms with Crippen LogP contribution in [0.15, 0.2) is 48.5 Å². The van der Waals surface area contributed by atoms with Gasteiger partial charge in [0.05, 0.1) is 12.0 Å². The normalized spacial score (nSPS) is 21.5. The Morgan fingerprint density at radius 2 is 1.92 bits per heavy atom. The van der Waals surface area contributed by atoms with E-state index >= 15 is 0 Å². The third kappa shape index (κ3) is 3.60. The highest BCUT2D eigenvalue weighted by Crippen LogP contribution is 2.30. The molecule has 1 amide bonds. The summed E-state index contributed by atoms with van der Waals surface area (Å²) in [4.78, 5) is 12.7. The molecule has 0 bridgehead atoms. The van der Waals surface area contributed by atoms with E-state index < -0.39 is 0 Å². The van der Waals surface area contributed by atoms with Crippen LogP contribution in [0.3, 0.4) is 0 Å². The van der Waals surface area contributed by atoms with Gasteiger partial charge in [0.2, 0.25) is 5.91 Å². The third-order valence-corrected chi connectivity index (χ3v) is 4.83. The summed E-state index contributed by atoms with van der Waals surface area (Å²) < 4.78 is 13.9. The van der Waals surface area contributed by atoms with E-state index in [1.807, 2.05) is 24.3 Å². The third-order valence-electron chi connectivity index (χ3n) is 4.58. The molecule has 3 nitrogen and oxygen atoms in total. The lowest BCUT2D eigenvalue weighted by atomic mass is 9.88. The molecule has 5 heteroatoms. The average Bonchev–Trinajstić information content (AvgIpc) is 3.05. The number of halogens is 2. The lowest BCUT2D eigenvalue weighted by Crippen LogP contribution is -2.36. The minimum Gasteiger partial charge on any atom is -0.349 e. The molecular formula is C19H20ClFN2O. The molecular weight excluding hydrogens is 327 g/mol. The van der Waals surface area contributed by atoms with Crippen molar-refractivity contribution in [3.05, 3.63) is 70.5 Å². The van der Waals surface area contributed by atoms with Gasteiger partial charge in [-0.1, -0.05) is 41.9 Å². The van der Waals surface area contributed by atoms with E-state index in [-0.39, 0.29) is 29.6 Å².